The van der Waals surface area contributed by atoms with Crippen LogP contribution in [-0.2, 0) is 6.42 Å². The molecule has 1 aromatic rings. The Morgan fingerprint density at radius 2 is 1.80 bits per heavy atom. The van der Waals surface area contributed by atoms with Crippen molar-refractivity contribution in [3.05, 3.63) is 29.8 Å². The summed E-state index contributed by atoms with van der Waals surface area (Å²) >= 11 is 0. The summed E-state index contributed by atoms with van der Waals surface area (Å²) in [5.41, 5.74) is 1.45. The zero-order valence-corrected chi connectivity index (χ0v) is 8.14. The minimum atomic E-state index is 0.0676. The third-order valence-electron chi connectivity index (χ3n) is 1.84. The van der Waals surface area contributed by atoms with Crippen LogP contribution in [0, 0.1) is 0 Å². The van der Waals surface area contributed by atoms with Crippen molar-refractivity contribution >= 4 is 14.7 Å². The van der Waals surface area contributed by atoms with Crippen LogP contribution in [-0.4, -0.2) is 9.52 Å². The zero-order valence-electron chi connectivity index (χ0n) is 6.72. The molecule has 0 atom stereocenters. The molecule has 0 nitrogen and oxygen atoms in total. The lowest BCUT2D eigenvalue weighted by Crippen LogP contribution is -2.08. The van der Waals surface area contributed by atoms with E-state index in [1.54, 1.807) is 5.19 Å². The van der Waals surface area contributed by atoms with Crippen molar-refractivity contribution in [3.63, 3.8) is 0 Å². The van der Waals surface area contributed by atoms with Gasteiger partial charge in [0.15, 0.2) is 0 Å². The van der Waals surface area contributed by atoms with Gasteiger partial charge in [-0.25, -0.2) is 0 Å². The first-order valence-corrected chi connectivity index (χ1v) is 6.06. The summed E-state index contributed by atoms with van der Waals surface area (Å²) < 4.78 is 0. The van der Waals surface area contributed by atoms with Crippen molar-refractivity contribution in [2.24, 2.45) is 0 Å². The molecule has 0 saturated heterocycles. The Hall–Kier alpha value is -0.563. The lowest BCUT2D eigenvalue weighted by molar-refractivity contribution is 1.14. The first-order chi connectivity index (χ1) is 4.86. The second-order valence-electron chi connectivity index (χ2n) is 2.52. The summed E-state index contributed by atoms with van der Waals surface area (Å²) in [6.45, 7) is 4.51. The first-order valence-electron chi connectivity index (χ1n) is 3.94. The topological polar surface area (TPSA) is 0 Å². The van der Waals surface area contributed by atoms with E-state index in [9.17, 15) is 0 Å². The van der Waals surface area contributed by atoms with E-state index in [2.05, 4.69) is 37.7 Å². The lowest BCUT2D eigenvalue weighted by atomic mass is 10.2. The van der Waals surface area contributed by atoms with E-state index in [1.807, 2.05) is 0 Å². The van der Waals surface area contributed by atoms with Crippen LogP contribution in [0.2, 0.25) is 6.55 Å². The minimum absolute atomic E-state index is 0.0676. The second-order valence-corrected chi connectivity index (χ2v) is 4.05. The molecular weight excluding hydrogens is 136 g/mol. The van der Waals surface area contributed by atoms with Gasteiger partial charge in [-0.05, 0) is 12.0 Å². The summed E-state index contributed by atoms with van der Waals surface area (Å²) in [5, 5.41) is 1.57. The first kappa shape index (κ1) is 7.54. The highest BCUT2D eigenvalue weighted by atomic mass is 28.2. The maximum atomic E-state index is 2.32. The largest absolute Gasteiger partial charge is 0.0708 e. The Bertz CT molecular complexity index is 165. The van der Waals surface area contributed by atoms with Crippen molar-refractivity contribution in [1.82, 2.24) is 0 Å². The van der Waals surface area contributed by atoms with Gasteiger partial charge in [0, 0.05) is 0 Å². The SMILES string of the molecule is CCc1ccc([SiH2]C)cc1. The van der Waals surface area contributed by atoms with Crippen molar-refractivity contribution in [2.75, 3.05) is 0 Å². The van der Waals surface area contributed by atoms with Gasteiger partial charge in [0.1, 0.15) is 0 Å². The molecule has 0 aliphatic rings. The van der Waals surface area contributed by atoms with Crippen LogP contribution in [0.4, 0.5) is 0 Å². The van der Waals surface area contributed by atoms with Gasteiger partial charge in [-0.3, -0.25) is 0 Å². The maximum Gasteiger partial charge on any atom is 0.0517 e. The van der Waals surface area contributed by atoms with E-state index in [0.29, 0.717) is 0 Å². The monoisotopic (exact) mass is 150 g/mol. The van der Waals surface area contributed by atoms with Gasteiger partial charge in [0.25, 0.3) is 0 Å². The predicted octanol–water partition coefficient (Wildman–Crippen LogP) is 1.09. The van der Waals surface area contributed by atoms with Gasteiger partial charge in [-0.15, -0.1) is 0 Å². The van der Waals surface area contributed by atoms with E-state index in [-0.39, 0.29) is 9.52 Å². The molecule has 0 spiro atoms. The summed E-state index contributed by atoms with van der Waals surface area (Å²) in [6, 6.07) is 9.02. The molecule has 0 heterocycles. The number of hydrogen-bond donors (Lipinski definition) is 0. The molecule has 10 heavy (non-hydrogen) atoms. The highest BCUT2D eigenvalue weighted by Crippen LogP contribution is 1.96. The molecule has 1 aromatic carbocycles. The fourth-order valence-electron chi connectivity index (χ4n) is 1.01. The molecule has 0 fully saturated rings. The Labute approximate surface area is 65.1 Å². The molecule has 0 amide bonds. The van der Waals surface area contributed by atoms with Gasteiger partial charge >= 0.3 is 0 Å². The van der Waals surface area contributed by atoms with Crippen LogP contribution in [0.3, 0.4) is 0 Å². The number of benzene rings is 1. The highest BCUT2D eigenvalue weighted by molar-refractivity contribution is 6.51. The van der Waals surface area contributed by atoms with E-state index < -0.39 is 0 Å². The van der Waals surface area contributed by atoms with E-state index in [4.69, 9.17) is 0 Å². The van der Waals surface area contributed by atoms with Gasteiger partial charge in [-0.2, -0.15) is 0 Å². The van der Waals surface area contributed by atoms with Crippen LogP contribution in [0.5, 0.6) is 0 Å². The molecule has 0 aromatic heterocycles. The molecule has 0 saturated carbocycles. The average molecular weight is 150 g/mol. The van der Waals surface area contributed by atoms with Crippen molar-refractivity contribution in [3.8, 4) is 0 Å². The highest BCUT2D eigenvalue weighted by Gasteiger charge is 1.88. The summed E-state index contributed by atoms with van der Waals surface area (Å²) in [5.74, 6) is 0. The van der Waals surface area contributed by atoms with Crippen LogP contribution in [0.25, 0.3) is 0 Å². The molecule has 1 heteroatoms. The van der Waals surface area contributed by atoms with Gasteiger partial charge in [0.05, 0.1) is 9.52 Å². The molecule has 54 valence electrons. The molecule has 1 rings (SSSR count). The fourth-order valence-corrected chi connectivity index (χ4v) is 1.72. The van der Waals surface area contributed by atoms with Crippen molar-refractivity contribution < 1.29 is 0 Å². The van der Waals surface area contributed by atoms with E-state index >= 15 is 0 Å². The Morgan fingerprint density at radius 3 is 2.20 bits per heavy atom. The van der Waals surface area contributed by atoms with Crippen LogP contribution in [0.1, 0.15) is 12.5 Å². The maximum absolute atomic E-state index is 2.32. The van der Waals surface area contributed by atoms with E-state index in [0.717, 1.165) is 6.42 Å². The third-order valence-corrected chi connectivity index (χ3v) is 3.13. The fraction of sp³-hybridized carbons (Fsp3) is 0.333. The Kier molecular flexibility index (Phi) is 2.69. The predicted molar refractivity (Wildman–Crippen MR) is 49.9 cm³/mol. The summed E-state index contributed by atoms with van der Waals surface area (Å²) in [6.07, 6.45) is 1.16. The van der Waals surface area contributed by atoms with Crippen LogP contribution in [0.15, 0.2) is 24.3 Å². The molecular formula is C9H14Si. The van der Waals surface area contributed by atoms with Crippen LogP contribution < -0.4 is 5.19 Å². The van der Waals surface area contributed by atoms with Crippen molar-refractivity contribution in [1.29, 1.82) is 0 Å². The second kappa shape index (κ2) is 3.57. The van der Waals surface area contributed by atoms with Gasteiger partial charge in [0.2, 0.25) is 0 Å². The molecule has 0 radical (unpaired) electrons. The summed E-state index contributed by atoms with van der Waals surface area (Å²) in [4.78, 5) is 0. The standard InChI is InChI=1S/C9H14Si/c1-3-8-4-6-9(10-2)7-5-8/h4-7H,3,10H2,1-2H3. The quantitative estimate of drug-likeness (QED) is 0.554. The zero-order chi connectivity index (χ0) is 7.40. The molecule has 0 aliphatic carbocycles. The normalized spacial score (nSPS) is 11.0. The third kappa shape index (κ3) is 1.71. The number of rotatable bonds is 2. The van der Waals surface area contributed by atoms with Crippen LogP contribution >= 0.6 is 0 Å². The number of aryl methyl sites for hydroxylation is 1. The average Bonchev–Trinajstić information content (AvgIpc) is 2.05. The molecule has 0 N–H and O–H groups in total. The van der Waals surface area contributed by atoms with Gasteiger partial charge < -0.3 is 0 Å². The molecule has 0 aliphatic heterocycles. The van der Waals surface area contributed by atoms with E-state index in [1.165, 1.54) is 5.56 Å². The summed E-state index contributed by atoms with van der Waals surface area (Å²) in [7, 11) is 0.0676. The molecule has 0 unspecified atom stereocenters. The van der Waals surface area contributed by atoms with Gasteiger partial charge in [-0.1, -0.05) is 42.9 Å². The molecule has 0 bridgehead atoms. The minimum Gasteiger partial charge on any atom is -0.0708 e. The lowest BCUT2D eigenvalue weighted by Gasteiger charge is -1.97. The number of hydrogen-bond acceptors (Lipinski definition) is 0. The Morgan fingerprint density at radius 1 is 1.20 bits per heavy atom. The Balaban J connectivity index is 2.80. The smallest absolute Gasteiger partial charge is 0.0517 e. The van der Waals surface area contributed by atoms with Crippen molar-refractivity contribution in [2.45, 2.75) is 19.9 Å².